The van der Waals surface area contributed by atoms with Gasteiger partial charge in [0.05, 0.1) is 17.3 Å². The molecule has 3 rings (SSSR count). The summed E-state index contributed by atoms with van der Waals surface area (Å²) < 4.78 is 0. The molecule has 0 amide bonds. The highest BCUT2D eigenvalue weighted by atomic mass is 16.3. The van der Waals surface area contributed by atoms with Crippen molar-refractivity contribution in [1.82, 2.24) is 4.98 Å². The Bertz CT molecular complexity index is 393. The van der Waals surface area contributed by atoms with E-state index in [9.17, 15) is 5.11 Å². The SMILES string of the molecule is O[C@@]12CCCC[C@@H]1CCCC2Nc1cccnc1. The third-order valence-electron chi connectivity index (χ3n) is 4.74. The number of hydrogen-bond acceptors (Lipinski definition) is 3. The minimum Gasteiger partial charge on any atom is -0.387 e. The number of anilines is 1. The Morgan fingerprint density at radius 2 is 2.11 bits per heavy atom. The molecule has 2 aliphatic rings. The Kier molecular flexibility index (Phi) is 3.25. The molecule has 3 nitrogen and oxygen atoms in total. The maximum atomic E-state index is 11.0. The second kappa shape index (κ2) is 4.88. The maximum absolute atomic E-state index is 11.0. The number of rotatable bonds is 2. The van der Waals surface area contributed by atoms with Crippen LogP contribution in [0.15, 0.2) is 24.5 Å². The summed E-state index contributed by atoms with van der Waals surface area (Å²) in [6.45, 7) is 0. The third-order valence-corrected chi connectivity index (χ3v) is 4.74. The van der Waals surface area contributed by atoms with Crippen molar-refractivity contribution in [3.05, 3.63) is 24.5 Å². The number of nitrogens with zero attached hydrogens (tertiary/aromatic N) is 1. The lowest BCUT2D eigenvalue weighted by molar-refractivity contribution is -0.0835. The zero-order valence-corrected chi connectivity index (χ0v) is 10.8. The number of pyridine rings is 1. The van der Waals surface area contributed by atoms with Gasteiger partial charge in [0.2, 0.25) is 0 Å². The van der Waals surface area contributed by atoms with Crippen molar-refractivity contribution >= 4 is 5.69 Å². The summed E-state index contributed by atoms with van der Waals surface area (Å²) in [7, 11) is 0. The van der Waals surface area contributed by atoms with E-state index in [0.717, 1.165) is 24.9 Å². The molecule has 1 unspecified atom stereocenters. The topological polar surface area (TPSA) is 45.1 Å². The van der Waals surface area contributed by atoms with E-state index < -0.39 is 5.60 Å². The lowest BCUT2D eigenvalue weighted by Gasteiger charge is -2.49. The second-order valence-electron chi connectivity index (χ2n) is 5.80. The molecule has 98 valence electrons. The largest absolute Gasteiger partial charge is 0.387 e. The molecular formula is C15H22N2O. The first-order chi connectivity index (χ1) is 8.79. The Balaban J connectivity index is 1.78. The van der Waals surface area contributed by atoms with Gasteiger partial charge in [-0.15, -0.1) is 0 Å². The lowest BCUT2D eigenvalue weighted by Crippen LogP contribution is -2.56. The predicted molar refractivity (Wildman–Crippen MR) is 72.4 cm³/mol. The standard InChI is InChI=1S/C15H22N2O/c18-15-9-2-1-5-12(15)6-3-8-14(15)17-13-7-4-10-16-11-13/h4,7,10-12,14,17-18H,1-3,5-6,8-9H2/t12-,14?,15+/m1/s1. The van der Waals surface area contributed by atoms with Crippen LogP contribution in [0.3, 0.4) is 0 Å². The first-order valence-electron chi connectivity index (χ1n) is 7.18. The fourth-order valence-electron chi connectivity index (χ4n) is 3.77. The molecule has 2 fully saturated rings. The number of aliphatic hydroxyl groups is 1. The Morgan fingerprint density at radius 3 is 2.94 bits per heavy atom. The molecule has 1 aromatic heterocycles. The van der Waals surface area contributed by atoms with Crippen LogP contribution in [0.25, 0.3) is 0 Å². The van der Waals surface area contributed by atoms with Crippen LogP contribution in [0.1, 0.15) is 44.9 Å². The zero-order chi connectivity index (χ0) is 12.4. The minimum atomic E-state index is -0.494. The van der Waals surface area contributed by atoms with Crippen LogP contribution in [0, 0.1) is 5.92 Å². The molecule has 2 saturated carbocycles. The average molecular weight is 246 g/mol. The van der Waals surface area contributed by atoms with Crippen molar-refractivity contribution in [2.75, 3.05) is 5.32 Å². The van der Waals surface area contributed by atoms with Gasteiger partial charge in [-0.2, -0.15) is 0 Å². The van der Waals surface area contributed by atoms with Crippen molar-refractivity contribution in [2.24, 2.45) is 5.92 Å². The smallest absolute Gasteiger partial charge is 0.0875 e. The van der Waals surface area contributed by atoms with Crippen LogP contribution >= 0.6 is 0 Å². The van der Waals surface area contributed by atoms with E-state index >= 15 is 0 Å². The number of fused-ring (bicyclic) bond motifs is 1. The number of nitrogens with one attached hydrogen (secondary N) is 1. The molecule has 0 aromatic carbocycles. The second-order valence-corrected chi connectivity index (χ2v) is 5.80. The van der Waals surface area contributed by atoms with Crippen LogP contribution in [0.2, 0.25) is 0 Å². The van der Waals surface area contributed by atoms with Crippen molar-refractivity contribution in [3.63, 3.8) is 0 Å². The first kappa shape index (κ1) is 12.0. The normalized spacial score (nSPS) is 35.8. The van der Waals surface area contributed by atoms with E-state index in [1.807, 2.05) is 18.3 Å². The molecule has 1 heterocycles. The maximum Gasteiger partial charge on any atom is 0.0875 e. The van der Waals surface area contributed by atoms with Gasteiger partial charge in [-0.3, -0.25) is 4.98 Å². The van der Waals surface area contributed by atoms with E-state index in [1.165, 1.54) is 25.7 Å². The van der Waals surface area contributed by atoms with E-state index in [4.69, 9.17) is 0 Å². The third kappa shape index (κ3) is 2.12. The van der Waals surface area contributed by atoms with Crippen molar-refractivity contribution in [3.8, 4) is 0 Å². The summed E-state index contributed by atoms with van der Waals surface area (Å²) in [4.78, 5) is 4.13. The molecule has 2 N–H and O–H groups in total. The van der Waals surface area contributed by atoms with E-state index in [2.05, 4.69) is 10.3 Å². The molecule has 1 aromatic rings. The van der Waals surface area contributed by atoms with Gasteiger partial charge in [0.25, 0.3) is 0 Å². The van der Waals surface area contributed by atoms with Crippen LogP contribution in [-0.4, -0.2) is 21.7 Å². The molecule has 3 heteroatoms. The van der Waals surface area contributed by atoms with Crippen LogP contribution in [0.4, 0.5) is 5.69 Å². The summed E-state index contributed by atoms with van der Waals surface area (Å²) in [6.07, 6.45) is 11.7. The van der Waals surface area contributed by atoms with E-state index in [-0.39, 0.29) is 6.04 Å². The summed E-state index contributed by atoms with van der Waals surface area (Å²) >= 11 is 0. The van der Waals surface area contributed by atoms with Gasteiger partial charge in [-0.1, -0.05) is 19.3 Å². The van der Waals surface area contributed by atoms with Crippen LogP contribution in [0.5, 0.6) is 0 Å². The Morgan fingerprint density at radius 1 is 1.22 bits per heavy atom. The van der Waals surface area contributed by atoms with E-state index in [1.54, 1.807) is 6.20 Å². The summed E-state index contributed by atoms with van der Waals surface area (Å²) in [5, 5.41) is 14.5. The number of aromatic nitrogens is 1. The summed E-state index contributed by atoms with van der Waals surface area (Å²) in [6, 6.07) is 4.16. The fraction of sp³-hybridized carbons (Fsp3) is 0.667. The van der Waals surface area contributed by atoms with Gasteiger partial charge in [0.15, 0.2) is 0 Å². The van der Waals surface area contributed by atoms with Gasteiger partial charge in [0, 0.05) is 12.4 Å². The van der Waals surface area contributed by atoms with Gasteiger partial charge in [-0.05, 0) is 43.7 Å². The van der Waals surface area contributed by atoms with Crippen molar-refractivity contribution < 1.29 is 5.11 Å². The minimum absolute atomic E-state index is 0.195. The fourth-order valence-corrected chi connectivity index (χ4v) is 3.77. The predicted octanol–water partition coefficient (Wildman–Crippen LogP) is 2.97. The van der Waals surface area contributed by atoms with Crippen molar-refractivity contribution in [2.45, 2.75) is 56.6 Å². The van der Waals surface area contributed by atoms with Gasteiger partial charge in [-0.25, -0.2) is 0 Å². The lowest BCUT2D eigenvalue weighted by atomic mass is 9.65. The molecule has 18 heavy (non-hydrogen) atoms. The molecule has 0 spiro atoms. The molecule has 3 atom stereocenters. The molecule has 0 aliphatic heterocycles. The van der Waals surface area contributed by atoms with Crippen LogP contribution < -0.4 is 5.32 Å². The van der Waals surface area contributed by atoms with Gasteiger partial charge in [0.1, 0.15) is 0 Å². The summed E-state index contributed by atoms with van der Waals surface area (Å²) in [5.41, 5.74) is 0.536. The zero-order valence-electron chi connectivity index (χ0n) is 10.8. The summed E-state index contributed by atoms with van der Waals surface area (Å²) in [5.74, 6) is 0.495. The molecule has 0 radical (unpaired) electrons. The van der Waals surface area contributed by atoms with E-state index in [0.29, 0.717) is 5.92 Å². The van der Waals surface area contributed by atoms with Crippen molar-refractivity contribution in [1.29, 1.82) is 0 Å². The highest BCUT2D eigenvalue weighted by Gasteiger charge is 2.47. The van der Waals surface area contributed by atoms with Gasteiger partial charge >= 0.3 is 0 Å². The molecular weight excluding hydrogens is 224 g/mol. The molecule has 2 aliphatic carbocycles. The number of hydrogen-bond donors (Lipinski definition) is 2. The average Bonchev–Trinajstić information content (AvgIpc) is 2.41. The quantitative estimate of drug-likeness (QED) is 0.843. The monoisotopic (exact) mass is 246 g/mol. The Labute approximate surface area is 109 Å². The highest BCUT2D eigenvalue weighted by Crippen LogP contribution is 2.44. The van der Waals surface area contributed by atoms with Crippen LogP contribution in [-0.2, 0) is 0 Å². The molecule has 0 saturated heterocycles. The highest BCUT2D eigenvalue weighted by molar-refractivity contribution is 5.42. The van der Waals surface area contributed by atoms with Gasteiger partial charge < -0.3 is 10.4 Å². The Hall–Kier alpha value is -1.09. The first-order valence-corrected chi connectivity index (χ1v) is 7.18. The molecule has 0 bridgehead atoms.